The lowest BCUT2D eigenvalue weighted by molar-refractivity contribution is 0.142. The van der Waals surface area contributed by atoms with Crippen molar-refractivity contribution in [3.63, 3.8) is 0 Å². The van der Waals surface area contributed by atoms with Crippen molar-refractivity contribution < 1.29 is 0 Å². The normalized spacial score (nSPS) is 24.2. The molecule has 0 amide bonds. The van der Waals surface area contributed by atoms with Gasteiger partial charge in [0, 0.05) is 25.2 Å². The van der Waals surface area contributed by atoms with Crippen LogP contribution in [0.5, 0.6) is 0 Å². The Morgan fingerprint density at radius 3 is 2.35 bits per heavy atom. The van der Waals surface area contributed by atoms with Crippen LogP contribution in [-0.2, 0) is 0 Å². The molecule has 2 saturated carbocycles. The van der Waals surface area contributed by atoms with Gasteiger partial charge in [-0.25, -0.2) is 0 Å². The number of rotatable bonds is 7. The Morgan fingerprint density at radius 1 is 1.12 bits per heavy atom. The molecule has 17 heavy (non-hydrogen) atoms. The minimum Gasteiger partial charge on any atom is -0.312 e. The van der Waals surface area contributed by atoms with Crippen molar-refractivity contribution in [2.75, 3.05) is 19.6 Å². The fraction of sp³-hybridized carbons (Fsp3) is 1.00. The molecular formula is C15H30N2. The minimum absolute atomic E-state index is 0.709. The minimum atomic E-state index is 0.709. The van der Waals surface area contributed by atoms with E-state index in [2.05, 4.69) is 24.1 Å². The van der Waals surface area contributed by atoms with Gasteiger partial charge in [-0.05, 0) is 45.1 Å². The highest BCUT2D eigenvalue weighted by Gasteiger charge is 2.23. The van der Waals surface area contributed by atoms with Gasteiger partial charge in [0.1, 0.15) is 0 Å². The first-order valence-electron chi connectivity index (χ1n) is 7.77. The lowest BCUT2D eigenvalue weighted by Crippen LogP contribution is -2.45. The van der Waals surface area contributed by atoms with Crippen LogP contribution in [-0.4, -0.2) is 36.6 Å². The van der Waals surface area contributed by atoms with E-state index in [4.69, 9.17) is 0 Å². The van der Waals surface area contributed by atoms with Gasteiger partial charge in [-0.3, -0.25) is 4.90 Å². The predicted molar refractivity (Wildman–Crippen MR) is 74.3 cm³/mol. The van der Waals surface area contributed by atoms with E-state index in [-0.39, 0.29) is 0 Å². The smallest absolute Gasteiger partial charge is 0.0192 e. The van der Waals surface area contributed by atoms with Gasteiger partial charge in [0.2, 0.25) is 0 Å². The zero-order valence-electron chi connectivity index (χ0n) is 11.8. The van der Waals surface area contributed by atoms with Crippen LogP contribution in [0.15, 0.2) is 0 Å². The second-order valence-corrected chi connectivity index (χ2v) is 6.12. The third kappa shape index (κ3) is 3.96. The lowest BCUT2D eigenvalue weighted by Gasteiger charge is -2.35. The molecule has 100 valence electrons. The van der Waals surface area contributed by atoms with Crippen molar-refractivity contribution in [1.29, 1.82) is 0 Å². The van der Waals surface area contributed by atoms with Gasteiger partial charge in [-0.2, -0.15) is 0 Å². The number of nitrogens with one attached hydrogen (secondary N) is 1. The number of nitrogens with zero attached hydrogens (tertiary/aromatic N) is 1. The number of hydrogen-bond donors (Lipinski definition) is 1. The van der Waals surface area contributed by atoms with Crippen LogP contribution in [0.3, 0.4) is 0 Å². The highest BCUT2D eigenvalue weighted by atomic mass is 15.2. The van der Waals surface area contributed by atoms with Crippen LogP contribution in [0.1, 0.15) is 58.8 Å². The zero-order chi connectivity index (χ0) is 12.1. The molecule has 2 heteroatoms. The van der Waals surface area contributed by atoms with Crippen molar-refractivity contribution in [2.24, 2.45) is 5.92 Å². The average molecular weight is 238 g/mol. The fourth-order valence-corrected chi connectivity index (χ4v) is 3.22. The molecule has 0 aromatic rings. The van der Waals surface area contributed by atoms with Gasteiger partial charge in [0.25, 0.3) is 0 Å². The van der Waals surface area contributed by atoms with Crippen molar-refractivity contribution in [3.8, 4) is 0 Å². The van der Waals surface area contributed by atoms with Crippen LogP contribution in [0.2, 0.25) is 0 Å². The molecule has 1 atom stereocenters. The fourth-order valence-electron chi connectivity index (χ4n) is 3.22. The van der Waals surface area contributed by atoms with Crippen molar-refractivity contribution >= 4 is 0 Å². The molecule has 0 aromatic carbocycles. The summed E-state index contributed by atoms with van der Waals surface area (Å²) in [5, 5.41) is 3.76. The Balaban J connectivity index is 1.65. The van der Waals surface area contributed by atoms with E-state index in [0.29, 0.717) is 6.04 Å². The Hall–Kier alpha value is -0.0800. The van der Waals surface area contributed by atoms with Crippen LogP contribution in [0, 0.1) is 5.92 Å². The maximum Gasteiger partial charge on any atom is 0.0192 e. The molecule has 0 heterocycles. The topological polar surface area (TPSA) is 15.3 Å². The Morgan fingerprint density at radius 2 is 1.82 bits per heavy atom. The molecule has 2 rings (SSSR count). The van der Waals surface area contributed by atoms with Crippen LogP contribution in [0.4, 0.5) is 0 Å². The van der Waals surface area contributed by atoms with E-state index in [1.54, 1.807) is 0 Å². The second kappa shape index (κ2) is 6.75. The van der Waals surface area contributed by atoms with Crippen LogP contribution < -0.4 is 5.32 Å². The third-order valence-corrected chi connectivity index (χ3v) is 4.80. The Bertz CT molecular complexity index is 207. The molecule has 0 aliphatic heterocycles. The molecule has 2 fully saturated rings. The summed E-state index contributed by atoms with van der Waals surface area (Å²) >= 11 is 0. The van der Waals surface area contributed by atoms with E-state index in [1.807, 2.05) is 0 Å². The lowest BCUT2D eigenvalue weighted by atomic mass is 9.85. The SMILES string of the molecule is CCN(CC1CCC1)C(C)CNC1CCCC1. The first kappa shape index (κ1) is 13.4. The third-order valence-electron chi connectivity index (χ3n) is 4.80. The molecule has 0 bridgehead atoms. The van der Waals surface area contributed by atoms with E-state index in [9.17, 15) is 0 Å². The summed E-state index contributed by atoms with van der Waals surface area (Å²) < 4.78 is 0. The summed E-state index contributed by atoms with van der Waals surface area (Å²) in [5.74, 6) is 1.00. The molecule has 0 saturated heterocycles. The highest BCUT2D eigenvalue weighted by molar-refractivity contribution is 4.80. The van der Waals surface area contributed by atoms with E-state index >= 15 is 0 Å². The monoisotopic (exact) mass is 238 g/mol. The summed E-state index contributed by atoms with van der Waals surface area (Å²) in [7, 11) is 0. The van der Waals surface area contributed by atoms with Gasteiger partial charge < -0.3 is 5.32 Å². The molecule has 2 aliphatic carbocycles. The summed E-state index contributed by atoms with van der Waals surface area (Å²) in [6, 6.07) is 1.53. The summed E-state index contributed by atoms with van der Waals surface area (Å²) in [6.45, 7) is 8.44. The maximum absolute atomic E-state index is 3.76. The number of likely N-dealkylation sites (N-methyl/N-ethyl adjacent to an activating group) is 1. The summed E-state index contributed by atoms with van der Waals surface area (Å²) in [6.07, 6.45) is 10.1. The first-order chi connectivity index (χ1) is 8.29. The van der Waals surface area contributed by atoms with Crippen molar-refractivity contribution in [2.45, 2.75) is 70.9 Å². The van der Waals surface area contributed by atoms with Gasteiger partial charge >= 0.3 is 0 Å². The quantitative estimate of drug-likeness (QED) is 0.733. The molecule has 0 radical (unpaired) electrons. The standard InChI is InChI=1S/C15H30N2/c1-3-17(12-14-7-6-8-14)13(2)11-16-15-9-4-5-10-15/h13-16H,3-12H2,1-2H3. The van der Waals surface area contributed by atoms with Crippen molar-refractivity contribution in [1.82, 2.24) is 10.2 Å². The van der Waals surface area contributed by atoms with Gasteiger partial charge in [0.05, 0.1) is 0 Å². The van der Waals surface area contributed by atoms with Crippen LogP contribution >= 0.6 is 0 Å². The van der Waals surface area contributed by atoms with Gasteiger partial charge in [-0.1, -0.05) is 26.2 Å². The first-order valence-corrected chi connectivity index (χ1v) is 7.77. The van der Waals surface area contributed by atoms with E-state index < -0.39 is 0 Å². The van der Waals surface area contributed by atoms with Gasteiger partial charge in [0.15, 0.2) is 0 Å². The average Bonchev–Trinajstić information content (AvgIpc) is 2.77. The highest BCUT2D eigenvalue weighted by Crippen LogP contribution is 2.27. The molecule has 2 aliphatic rings. The van der Waals surface area contributed by atoms with E-state index in [1.165, 1.54) is 64.6 Å². The Kier molecular flexibility index (Phi) is 5.30. The van der Waals surface area contributed by atoms with E-state index in [0.717, 1.165) is 12.0 Å². The maximum atomic E-state index is 3.76. The molecule has 0 spiro atoms. The summed E-state index contributed by atoms with van der Waals surface area (Å²) in [4.78, 5) is 2.67. The Labute approximate surface area is 107 Å². The van der Waals surface area contributed by atoms with Gasteiger partial charge in [-0.15, -0.1) is 0 Å². The molecule has 2 nitrogen and oxygen atoms in total. The van der Waals surface area contributed by atoms with Crippen LogP contribution in [0.25, 0.3) is 0 Å². The molecular weight excluding hydrogens is 208 g/mol. The van der Waals surface area contributed by atoms with Crippen molar-refractivity contribution in [3.05, 3.63) is 0 Å². The molecule has 1 N–H and O–H groups in total. The molecule has 1 unspecified atom stereocenters. The zero-order valence-corrected chi connectivity index (χ0v) is 11.8. The predicted octanol–water partition coefficient (Wildman–Crippen LogP) is 3.03. The number of hydrogen-bond acceptors (Lipinski definition) is 2. The summed E-state index contributed by atoms with van der Waals surface area (Å²) in [5.41, 5.74) is 0. The second-order valence-electron chi connectivity index (χ2n) is 6.12. The molecule has 0 aromatic heterocycles. The largest absolute Gasteiger partial charge is 0.312 e.